The molecule has 3 N–H and O–H groups in total. The average molecular weight is 981 g/mol. The Balaban J connectivity index is 0.804. The molecule has 6 aromatic rings. The molecule has 3 aliphatic heterocycles. The summed E-state index contributed by atoms with van der Waals surface area (Å²) in [6.45, 7) is 14.1. The first-order valence-electron chi connectivity index (χ1n) is 22.7. The van der Waals surface area contributed by atoms with Crippen molar-refractivity contribution in [2.75, 3.05) is 81.8 Å². The van der Waals surface area contributed by atoms with E-state index < -0.39 is 13.2 Å². The van der Waals surface area contributed by atoms with Gasteiger partial charge >= 0.3 is 0 Å². The minimum absolute atomic E-state index is 0.258. The van der Waals surface area contributed by atoms with Gasteiger partial charge in [-0.25, -0.2) is 9.37 Å². The van der Waals surface area contributed by atoms with Crippen molar-refractivity contribution in [3.05, 3.63) is 88.0 Å². The molecule has 0 radical (unpaired) electrons. The lowest BCUT2D eigenvalue weighted by Gasteiger charge is -2.43. The number of anilines is 5. The number of methoxy groups -OCH3 is 1. The predicted molar refractivity (Wildman–Crippen MR) is 262 cm³/mol. The number of piperazine rings is 1. The summed E-state index contributed by atoms with van der Waals surface area (Å²) in [6.07, 6.45) is 7.66. The molecule has 9 rings (SSSR count). The van der Waals surface area contributed by atoms with Gasteiger partial charge < -0.3 is 29.7 Å². The van der Waals surface area contributed by atoms with Gasteiger partial charge in [0.25, 0.3) is 5.91 Å². The summed E-state index contributed by atoms with van der Waals surface area (Å²) < 4.78 is 37.1. The topological polar surface area (TPSA) is 163 Å². The standard InChI is InChI=1S/C48H56BrFN11O4P/c1-6-30-24-40(54-48-51-27-35(49)46(56-48)53-38-10-9-37-34(8-7-29(2)52-37)45(38)66(4,5)64)43(65-3)26-42(30)60-17-14-33(15-18-60)59-21-19-58(20-22-59)16-13-31-23-32-28-61(57-39(32)25-36(31)50)41-11-12-44(62)55-47(41)63/h7-10,23-28,33,41H,6,11-22H2,1-5H3,(H,55,62,63)(H2,51,53,54,56). The van der Waals surface area contributed by atoms with Gasteiger partial charge in [-0.3, -0.25) is 29.5 Å². The van der Waals surface area contributed by atoms with Crippen LogP contribution in [0.4, 0.5) is 33.2 Å². The summed E-state index contributed by atoms with van der Waals surface area (Å²) in [5, 5.41) is 16.0. The Morgan fingerprint density at radius 3 is 2.44 bits per heavy atom. The molecule has 2 amide bonds. The molecule has 6 heterocycles. The van der Waals surface area contributed by atoms with Crippen LogP contribution >= 0.6 is 23.1 Å². The van der Waals surface area contributed by atoms with E-state index >= 15 is 4.39 Å². The number of rotatable bonds is 13. The molecule has 0 saturated carbocycles. The first-order chi connectivity index (χ1) is 31.7. The number of amides is 2. The van der Waals surface area contributed by atoms with Crippen molar-refractivity contribution < 1.29 is 23.3 Å². The molecule has 0 spiro atoms. The second-order valence-corrected chi connectivity index (χ2v) is 21.9. The molecular formula is C48H56BrFN11O4P. The van der Waals surface area contributed by atoms with E-state index in [9.17, 15) is 14.2 Å². The number of carbonyl (C=O) groups excluding carboxylic acids is 2. The molecule has 0 bridgehead atoms. The van der Waals surface area contributed by atoms with E-state index in [1.807, 2.05) is 37.3 Å². The van der Waals surface area contributed by atoms with Crippen LogP contribution in [0.3, 0.4) is 0 Å². The highest BCUT2D eigenvalue weighted by atomic mass is 79.9. The number of imide groups is 1. The van der Waals surface area contributed by atoms with Crippen LogP contribution in [0.5, 0.6) is 5.75 Å². The van der Waals surface area contributed by atoms with E-state index in [1.54, 1.807) is 37.5 Å². The van der Waals surface area contributed by atoms with Crippen molar-refractivity contribution in [2.45, 2.75) is 64.5 Å². The quantitative estimate of drug-likeness (QED) is 0.0764. The molecule has 15 nitrogen and oxygen atoms in total. The fourth-order valence-electron chi connectivity index (χ4n) is 9.69. The first-order valence-corrected chi connectivity index (χ1v) is 26.1. The summed E-state index contributed by atoms with van der Waals surface area (Å²) in [5.41, 5.74) is 6.68. The fraction of sp³-hybridized carbons (Fsp3) is 0.417. The molecule has 3 fully saturated rings. The Hall–Kier alpha value is -5.48. The largest absolute Gasteiger partial charge is 0.494 e. The number of hydrogen-bond acceptors (Lipinski definition) is 13. The molecule has 3 aliphatic rings. The van der Waals surface area contributed by atoms with E-state index in [-0.39, 0.29) is 24.1 Å². The fourth-order valence-corrected chi connectivity index (χ4v) is 11.5. The van der Waals surface area contributed by atoms with Crippen LogP contribution in [0.1, 0.15) is 55.5 Å². The summed E-state index contributed by atoms with van der Waals surface area (Å²) >= 11 is 3.62. The van der Waals surface area contributed by atoms with Crippen LogP contribution in [-0.4, -0.2) is 119 Å². The number of piperidine rings is 2. The predicted octanol–water partition coefficient (Wildman–Crippen LogP) is 7.70. The lowest BCUT2D eigenvalue weighted by Crippen LogP contribution is -2.53. The molecular weight excluding hydrogens is 924 g/mol. The first kappa shape index (κ1) is 45.7. The third-order valence-electron chi connectivity index (χ3n) is 13.2. The number of carbonyl (C=O) groups is 2. The molecule has 18 heteroatoms. The van der Waals surface area contributed by atoms with Gasteiger partial charge in [0, 0.05) is 110 Å². The Morgan fingerprint density at radius 2 is 1.71 bits per heavy atom. The Labute approximate surface area is 392 Å². The van der Waals surface area contributed by atoms with Gasteiger partial charge in [-0.2, -0.15) is 10.1 Å². The Kier molecular flexibility index (Phi) is 13.2. The van der Waals surface area contributed by atoms with E-state index in [0.717, 1.165) is 98.1 Å². The van der Waals surface area contributed by atoms with Gasteiger partial charge in [-0.05, 0) is 110 Å². The number of nitrogens with zero attached hydrogens (tertiary/aromatic N) is 8. The maximum Gasteiger partial charge on any atom is 0.251 e. The highest BCUT2D eigenvalue weighted by Crippen LogP contribution is 2.42. The summed E-state index contributed by atoms with van der Waals surface area (Å²) in [4.78, 5) is 45.6. The number of benzene rings is 3. The smallest absolute Gasteiger partial charge is 0.251 e. The van der Waals surface area contributed by atoms with Crippen molar-refractivity contribution in [2.24, 2.45) is 0 Å². The average Bonchev–Trinajstić information content (AvgIpc) is 3.71. The molecule has 3 saturated heterocycles. The second-order valence-electron chi connectivity index (χ2n) is 17.9. The lowest BCUT2D eigenvalue weighted by atomic mass is 9.99. The van der Waals surface area contributed by atoms with Gasteiger partial charge in [0.15, 0.2) is 0 Å². The van der Waals surface area contributed by atoms with Gasteiger partial charge in [-0.1, -0.05) is 13.0 Å². The third kappa shape index (κ3) is 9.67. The van der Waals surface area contributed by atoms with E-state index in [2.05, 4.69) is 80.7 Å². The zero-order valence-electron chi connectivity index (χ0n) is 38.0. The molecule has 3 aromatic heterocycles. The van der Waals surface area contributed by atoms with E-state index in [1.165, 1.54) is 17.3 Å². The van der Waals surface area contributed by atoms with Crippen molar-refractivity contribution in [1.82, 2.24) is 39.8 Å². The molecule has 0 aliphatic carbocycles. The number of aryl methyl sites for hydroxylation is 2. The molecule has 66 heavy (non-hydrogen) atoms. The number of nitrogens with one attached hydrogen (secondary N) is 3. The highest BCUT2D eigenvalue weighted by Gasteiger charge is 2.31. The number of hydrogen-bond donors (Lipinski definition) is 3. The summed E-state index contributed by atoms with van der Waals surface area (Å²) in [7, 11) is -1.05. The van der Waals surface area contributed by atoms with Crippen LogP contribution in [-0.2, 0) is 27.0 Å². The number of pyridine rings is 1. The Morgan fingerprint density at radius 1 is 0.924 bits per heavy atom. The van der Waals surface area contributed by atoms with Crippen LogP contribution in [0.15, 0.2) is 65.4 Å². The normalized spacial score (nSPS) is 18.0. The molecule has 1 atom stereocenters. The Bertz CT molecular complexity index is 2870. The number of halogens is 2. The van der Waals surface area contributed by atoms with Crippen molar-refractivity contribution >= 4 is 90.8 Å². The molecule has 346 valence electrons. The summed E-state index contributed by atoms with van der Waals surface area (Å²) in [5.74, 6) is 0.673. The van der Waals surface area contributed by atoms with Gasteiger partial charge in [0.2, 0.25) is 11.9 Å². The lowest BCUT2D eigenvalue weighted by molar-refractivity contribution is -0.135. The maximum absolute atomic E-state index is 15.2. The monoisotopic (exact) mass is 979 g/mol. The van der Waals surface area contributed by atoms with Gasteiger partial charge in [0.1, 0.15) is 30.6 Å². The zero-order chi connectivity index (χ0) is 46.3. The van der Waals surface area contributed by atoms with E-state index in [4.69, 9.17) is 9.72 Å². The second kappa shape index (κ2) is 19.0. The third-order valence-corrected chi connectivity index (χ3v) is 15.3. The zero-order valence-corrected chi connectivity index (χ0v) is 40.5. The van der Waals surface area contributed by atoms with E-state index in [0.29, 0.717) is 57.6 Å². The maximum atomic E-state index is 15.2. The van der Waals surface area contributed by atoms with Crippen molar-refractivity contribution in [1.29, 1.82) is 0 Å². The number of ether oxygens (including phenoxy) is 1. The minimum atomic E-state index is -2.73. The summed E-state index contributed by atoms with van der Waals surface area (Å²) in [6, 6.07) is 15.3. The number of aromatic nitrogens is 5. The van der Waals surface area contributed by atoms with Crippen LogP contribution in [0.25, 0.3) is 21.8 Å². The van der Waals surface area contributed by atoms with Gasteiger partial charge in [-0.15, -0.1) is 0 Å². The van der Waals surface area contributed by atoms with Crippen LogP contribution < -0.4 is 30.9 Å². The van der Waals surface area contributed by atoms with Gasteiger partial charge in [0.05, 0.1) is 34.0 Å². The molecule has 3 aromatic carbocycles. The number of fused-ring (bicyclic) bond motifs is 2. The van der Waals surface area contributed by atoms with Crippen LogP contribution in [0.2, 0.25) is 0 Å². The van der Waals surface area contributed by atoms with Crippen LogP contribution in [0, 0.1) is 12.7 Å². The highest BCUT2D eigenvalue weighted by molar-refractivity contribution is 9.10. The molecule has 1 unspecified atom stereocenters. The SMILES string of the molecule is CCc1cc(Nc2ncc(Br)c(Nc3ccc4nc(C)ccc4c3P(C)(C)=O)n2)c(OC)cc1N1CCC(N2CCN(CCc3cc4cn(C5CCC(=O)NC5=O)nc4cc3F)CC2)CC1. The minimum Gasteiger partial charge on any atom is -0.494 e. The van der Waals surface area contributed by atoms with Crippen molar-refractivity contribution in [3.8, 4) is 5.75 Å². The van der Waals surface area contributed by atoms with Crippen molar-refractivity contribution in [3.63, 3.8) is 0 Å².